The van der Waals surface area contributed by atoms with Crippen LogP contribution in [0.3, 0.4) is 0 Å². The monoisotopic (exact) mass is 343 g/mol. The molecule has 0 unspecified atom stereocenters. The zero-order valence-corrected chi connectivity index (χ0v) is 13.7. The minimum absolute atomic E-state index is 0.186. The van der Waals surface area contributed by atoms with E-state index in [1.807, 2.05) is 19.1 Å². The van der Waals surface area contributed by atoms with Crippen molar-refractivity contribution in [3.63, 3.8) is 0 Å². The molecule has 0 fully saturated rings. The second-order valence-corrected chi connectivity index (χ2v) is 5.85. The molecule has 0 saturated heterocycles. The van der Waals surface area contributed by atoms with Gasteiger partial charge in [-0.25, -0.2) is 4.39 Å². The van der Waals surface area contributed by atoms with Crippen molar-refractivity contribution in [1.82, 2.24) is 9.78 Å². The van der Waals surface area contributed by atoms with Crippen LogP contribution in [0, 0.1) is 12.7 Å². The Hall–Kier alpha value is -2.66. The van der Waals surface area contributed by atoms with Crippen molar-refractivity contribution in [3.8, 4) is 0 Å². The van der Waals surface area contributed by atoms with Gasteiger partial charge < -0.3 is 5.32 Å². The molecule has 0 radical (unpaired) electrons. The molecular formula is C18H15ClFN3O. The van der Waals surface area contributed by atoms with E-state index < -0.39 is 0 Å². The molecule has 1 amide bonds. The van der Waals surface area contributed by atoms with Gasteiger partial charge in [-0.05, 0) is 31.2 Å². The Balaban J connectivity index is 1.71. The fourth-order valence-corrected chi connectivity index (χ4v) is 2.49. The van der Waals surface area contributed by atoms with E-state index in [9.17, 15) is 9.18 Å². The third-order valence-electron chi connectivity index (χ3n) is 3.59. The van der Waals surface area contributed by atoms with Crippen LogP contribution in [-0.4, -0.2) is 15.7 Å². The molecule has 3 rings (SSSR count). The van der Waals surface area contributed by atoms with E-state index in [0.29, 0.717) is 21.8 Å². The zero-order valence-electron chi connectivity index (χ0n) is 13.0. The number of nitrogens with one attached hydrogen (secondary N) is 1. The average molecular weight is 344 g/mol. The first-order valence-electron chi connectivity index (χ1n) is 7.36. The molecular weight excluding hydrogens is 329 g/mol. The van der Waals surface area contributed by atoms with Crippen LogP contribution in [0.15, 0.2) is 54.9 Å². The van der Waals surface area contributed by atoms with E-state index in [0.717, 1.165) is 5.56 Å². The third kappa shape index (κ3) is 3.63. The van der Waals surface area contributed by atoms with Gasteiger partial charge in [0.15, 0.2) is 0 Å². The van der Waals surface area contributed by atoms with Gasteiger partial charge >= 0.3 is 0 Å². The number of aromatic nitrogens is 2. The van der Waals surface area contributed by atoms with Crippen molar-refractivity contribution >= 4 is 23.2 Å². The predicted molar refractivity (Wildman–Crippen MR) is 91.9 cm³/mol. The Morgan fingerprint density at radius 1 is 1.25 bits per heavy atom. The number of carbonyl (C=O) groups excluding carboxylic acids is 1. The lowest BCUT2D eigenvalue weighted by atomic mass is 10.1. The molecule has 1 aromatic heterocycles. The Bertz CT molecular complexity index is 854. The molecule has 0 spiro atoms. The van der Waals surface area contributed by atoms with Gasteiger partial charge in [0.05, 0.1) is 18.4 Å². The summed E-state index contributed by atoms with van der Waals surface area (Å²) in [4.78, 5) is 12.2. The van der Waals surface area contributed by atoms with Crippen LogP contribution < -0.4 is 5.32 Å². The van der Waals surface area contributed by atoms with Crippen LogP contribution in [-0.2, 0) is 6.54 Å². The summed E-state index contributed by atoms with van der Waals surface area (Å²) < 4.78 is 15.3. The Labute approximate surface area is 143 Å². The Morgan fingerprint density at radius 2 is 2.00 bits per heavy atom. The van der Waals surface area contributed by atoms with E-state index in [1.54, 1.807) is 30.5 Å². The number of halogens is 2. The van der Waals surface area contributed by atoms with Gasteiger partial charge in [-0.15, -0.1) is 0 Å². The number of benzene rings is 2. The van der Waals surface area contributed by atoms with Gasteiger partial charge in [0, 0.05) is 22.3 Å². The number of hydrogen-bond acceptors (Lipinski definition) is 2. The minimum Gasteiger partial charge on any atom is -0.319 e. The second-order valence-electron chi connectivity index (χ2n) is 5.45. The first-order chi connectivity index (χ1) is 11.5. The maximum atomic E-state index is 13.8. The molecule has 0 saturated carbocycles. The molecule has 122 valence electrons. The highest BCUT2D eigenvalue weighted by Gasteiger charge is 2.10. The Morgan fingerprint density at radius 3 is 2.71 bits per heavy atom. The zero-order chi connectivity index (χ0) is 17.1. The molecule has 0 aliphatic rings. The molecule has 0 aliphatic heterocycles. The molecule has 24 heavy (non-hydrogen) atoms. The summed E-state index contributed by atoms with van der Waals surface area (Å²) in [7, 11) is 0. The largest absolute Gasteiger partial charge is 0.319 e. The maximum absolute atomic E-state index is 13.8. The minimum atomic E-state index is -0.386. The highest BCUT2D eigenvalue weighted by Crippen LogP contribution is 2.20. The summed E-state index contributed by atoms with van der Waals surface area (Å²) in [6.07, 6.45) is 3.15. The molecule has 3 aromatic rings. The lowest BCUT2D eigenvalue weighted by molar-refractivity contribution is 0.102. The van der Waals surface area contributed by atoms with Crippen LogP contribution in [0.25, 0.3) is 0 Å². The number of anilines is 1. The summed E-state index contributed by atoms with van der Waals surface area (Å²) in [5.74, 6) is -0.610. The highest BCUT2D eigenvalue weighted by molar-refractivity contribution is 6.31. The predicted octanol–water partition coefficient (Wildman–Crippen LogP) is 4.28. The van der Waals surface area contributed by atoms with E-state index in [2.05, 4.69) is 10.4 Å². The first kappa shape index (κ1) is 16.2. The first-order valence-corrected chi connectivity index (χ1v) is 7.74. The summed E-state index contributed by atoms with van der Waals surface area (Å²) in [6.45, 7) is 2.14. The summed E-state index contributed by atoms with van der Waals surface area (Å²) >= 11 is 6.01. The second kappa shape index (κ2) is 6.84. The van der Waals surface area contributed by atoms with Crippen molar-refractivity contribution in [1.29, 1.82) is 0 Å². The van der Waals surface area contributed by atoms with Gasteiger partial charge in [-0.2, -0.15) is 5.10 Å². The number of carbonyl (C=O) groups is 1. The summed E-state index contributed by atoms with van der Waals surface area (Å²) in [6, 6.07) is 11.8. The van der Waals surface area contributed by atoms with E-state index in [1.165, 1.54) is 16.9 Å². The molecule has 0 bridgehead atoms. The molecule has 1 heterocycles. The van der Waals surface area contributed by atoms with Crippen LogP contribution in [0.5, 0.6) is 0 Å². The standard InChI is InChI=1S/C18H15ClFN3O/c1-12-5-7-13(8-6-12)18(24)22-14-9-21-23(10-14)11-15-16(19)3-2-4-17(15)20/h2-10H,11H2,1H3,(H,22,24). The number of aryl methyl sites for hydroxylation is 1. The number of amides is 1. The van der Waals surface area contributed by atoms with Crippen LogP contribution in [0.4, 0.5) is 10.1 Å². The molecule has 0 atom stereocenters. The molecule has 2 aromatic carbocycles. The molecule has 0 aliphatic carbocycles. The fraction of sp³-hybridized carbons (Fsp3) is 0.111. The van der Waals surface area contributed by atoms with Crippen molar-refractivity contribution in [2.45, 2.75) is 13.5 Å². The van der Waals surface area contributed by atoms with Gasteiger partial charge in [0.25, 0.3) is 5.91 Å². The van der Waals surface area contributed by atoms with Gasteiger partial charge in [-0.1, -0.05) is 35.4 Å². The third-order valence-corrected chi connectivity index (χ3v) is 3.94. The number of hydrogen-bond donors (Lipinski definition) is 1. The number of nitrogens with zero attached hydrogens (tertiary/aromatic N) is 2. The quantitative estimate of drug-likeness (QED) is 0.768. The number of rotatable bonds is 4. The van der Waals surface area contributed by atoms with E-state index in [-0.39, 0.29) is 18.3 Å². The van der Waals surface area contributed by atoms with Gasteiger partial charge in [0.1, 0.15) is 5.82 Å². The molecule has 6 heteroatoms. The van der Waals surface area contributed by atoms with Crippen LogP contribution in [0.2, 0.25) is 5.02 Å². The van der Waals surface area contributed by atoms with E-state index in [4.69, 9.17) is 11.6 Å². The normalized spacial score (nSPS) is 10.6. The van der Waals surface area contributed by atoms with Crippen molar-refractivity contribution in [3.05, 3.63) is 82.4 Å². The lowest BCUT2D eigenvalue weighted by Gasteiger charge is -2.06. The molecule has 4 nitrogen and oxygen atoms in total. The summed E-state index contributed by atoms with van der Waals surface area (Å²) in [5.41, 5.74) is 2.54. The van der Waals surface area contributed by atoms with Crippen molar-refractivity contribution in [2.75, 3.05) is 5.32 Å². The SMILES string of the molecule is Cc1ccc(C(=O)Nc2cnn(Cc3c(F)cccc3Cl)c2)cc1. The smallest absolute Gasteiger partial charge is 0.255 e. The van der Waals surface area contributed by atoms with Crippen molar-refractivity contribution < 1.29 is 9.18 Å². The highest BCUT2D eigenvalue weighted by atomic mass is 35.5. The lowest BCUT2D eigenvalue weighted by Crippen LogP contribution is -2.11. The molecule has 1 N–H and O–H groups in total. The van der Waals surface area contributed by atoms with E-state index >= 15 is 0 Å². The fourth-order valence-electron chi connectivity index (χ4n) is 2.27. The van der Waals surface area contributed by atoms with Gasteiger partial charge in [0.2, 0.25) is 0 Å². The van der Waals surface area contributed by atoms with Crippen LogP contribution in [0.1, 0.15) is 21.5 Å². The van der Waals surface area contributed by atoms with Crippen LogP contribution >= 0.6 is 11.6 Å². The Kier molecular flexibility index (Phi) is 4.62. The average Bonchev–Trinajstić information content (AvgIpc) is 2.99. The maximum Gasteiger partial charge on any atom is 0.255 e. The van der Waals surface area contributed by atoms with Gasteiger partial charge in [-0.3, -0.25) is 9.48 Å². The topological polar surface area (TPSA) is 46.9 Å². The van der Waals surface area contributed by atoms with Crippen molar-refractivity contribution in [2.24, 2.45) is 0 Å². The summed E-state index contributed by atoms with van der Waals surface area (Å²) in [5, 5.41) is 7.24.